The summed E-state index contributed by atoms with van der Waals surface area (Å²) in [6, 6.07) is 2.90. The molecule has 154 valence electrons. The van der Waals surface area contributed by atoms with Gasteiger partial charge in [0.05, 0.1) is 28.9 Å². The zero-order valence-electron chi connectivity index (χ0n) is 15.8. The van der Waals surface area contributed by atoms with Crippen molar-refractivity contribution in [3.05, 3.63) is 47.1 Å². The second kappa shape index (κ2) is 6.75. The van der Waals surface area contributed by atoms with Crippen molar-refractivity contribution in [2.45, 2.75) is 25.6 Å². The van der Waals surface area contributed by atoms with Gasteiger partial charge >= 0.3 is 0 Å². The molecule has 3 atom stereocenters. The van der Waals surface area contributed by atoms with Crippen molar-refractivity contribution in [3.8, 4) is 11.1 Å². The Morgan fingerprint density at radius 1 is 1.43 bits per heavy atom. The van der Waals surface area contributed by atoms with Crippen LogP contribution in [0.25, 0.3) is 27.7 Å². The van der Waals surface area contributed by atoms with Crippen LogP contribution in [0, 0.1) is 11.7 Å². The number of hydrogen-bond acceptors (Lipinski definition) is 4. The lowest BCUT2D eigenvalue weighted by molar-refractivity contribution is -0.117. The third kappa shape index (κ3) is 2.93. The molecule has 1 fully saturated rings. The second-order valence-electron chi connectivity index (χ2n) is 7.52. The van der Waals surface area contributed by atoms with E-state index in [1.54, 1.807) is 42.0 Å². The highest BCUT2D eigenvalue weighted by Gasteiger charge is 2.43. The normalized spacial score (nSPS) is 19.4. The van der Waals surface area contributed by atoms with E-state index in [1.165, 1.54) is 0 Å². The van der Waals surface area contributed by atoms with E-state index in [0.717, 1.165) is 0 Å². The van der Waals surface area contributed by atoms with Gasteiger partial charge in [-0.15, -0.1) is 0 Å². The number of alkyl halides is 1. The quantitative estimate of drug-likeness (QED) is 0.455. The number of pyridine rings is 1. The van der Waals surface area contributed by atoms with E-state index < -0.39 is 23.9 Å². The van der Waals surface area contributed by atoms with Gasteiger partial charge in [0.25, 0.3) is 0 Å². The fraction of sp³-hybridized carbons (Fsp3) is 0.250. The van der Waals surface area contributed by atoms with Gasteiger partial charge < -0.3 is 15.5 Å². The minimum atomic E-state index is -1.08. The van der Waals surface area contributed by atoms with Gasteiger partial charge in [0.15, 0.2) is 5.82 Å². The van der Waals surface area contributed by atoms with Crippen LogP contribution in [0.1, 0.15) is 24.9 Å². The molecule has 5 rings (SSSR count). The molecule has 1 aromatic carbocycles. The first-order valence-corrected chi connectivity index (χ1v) is 9.76. The maximum absolute atomic E-state index is 15.0. The van der Waals surface area contributed by atoms with Crippen molar-refractivity contribution in [1.82, 2.24) is 19.6 Å². The first-order valence-electron chi connectivity index (χ1n) is 9.38. The number of nitrogens with two attached hydrogens (primary N) is 1. The molecule has 10 heteroatoms. The Morgan fingerprint density at radius 3 is 2.90 bits per heavy atom. The van der Waals surface area contributed by atoms with Gasteiger partial charge in [-0.2, -0.15) is 5.10 Å². The third-order valence-electron chi connectivity index (χ3n) is 5.32. The van der Waals surface area contributed by atoms with E-state index in [2.05, 4.69) is 20.5 Å². The maximum Gasteiger partial charge on any atom is 0.231 e. The highest BCUT2D eigenvalue weighted by Crippen LogP contribution is 2.40. The van der Waals surface area contributed by atoms with Gasteiger partial charge in [-0.25, -0.2) is 13.8 Å². The van der Waals surface area contributed by atoms with Crippen molar-refractivity contribution in [2.75, 3.05) is 5.32 Å². The number of carbonyl (C=O) groups is 1. The molecule has 0 radical (unpaired) electrons. The highest BCUT2D eigenvalue weighted by molar-refractivity contribution is 6.35. The molecule has 4 N–H and O–H groups in total. The summed E-state index contributed by atoms with van der Waals surface area (Å²) in [7, 11) is 0. The van der Waals surface area contributed by atoms with E-state index in [1.807, 2.05) is 0 Å². The Kier molecular flexibility index (Phi) is 4.26. The molecular formula is C20H17ClF2N6O. The molecule has 7 nitrogen and oxygen atoms in total. The molecule has 30 heavy (non-hydrogen) atoms. The Hall–Kier alpha value is -3.04. The number of nitrogens with zero attached hydrogens (tertiary/aromatic N) is 3. The average molecular weight is 431 g/mol. The lowest BCUT2D eigenvalue weighted by Crippen LogP contribution is -2.15. The molecule has 0 saturated heterocycles. The Morgan fingerprint density at radius 2 is 2.20 bits per heavy atom. The molecule has 0 bridgehead atoms. The Labute approximate surface area is 174 Å². The second-order valence-corrected chi connectivity index (χ2v) is 7.90. The summed E-state index contributed by atoms with van der Waals surface area (Å²) < 4.78 is 29.8. The topological polar surface area (TPSA) is 101 Å². The predicted molar refractivity (Wildman–Crippen MR) is 109 cm³/mol. The predicted octanol–water partition coefficient (Wildman–Crippen LogP) is 3.99. The van der Waals surface area contributed by atoms with Crippen LogP contribution < -0.4 is 11.1 Å². The van der Waals surface area contributed by atoms with Crippen LogP contribution >= 0.6 is 11.6 Å². The largest absolute Gasteiger partial charge is 0.324 e. The van der Waals surface area contributed by atoms with Crippen LogP contribution in [0.5, 0.6) is 0 Å². The summed E-state index contributed by atoms with van der Waals surface area (Å²) >= 11 is 6.40. The smallest absolute Gasteiger partial charge is 0.231 e. The van der Waals surface area contributed by atoms with Crippen LogP contribution in [0.3, 0.4) is 0 Å². The summed E-state index contributed by atoms with van der Waals surface area (Å²) in [5, 5.41) is 10.1. The molecule has 1 aliphatic rings. The third-order valence-corrected chi connectivity index (χ3v) is 5.68. The zero-order chi connectivity index (χ0) is 21.2. The zero-order valence-corrected chi connectivity index (χ0v) is 16.5. The maximum atomic E-state index is 15.0. The number of imidazole rings is 1. The van der Waals surface area contributed by atoms with Crippen LogP contribution in [-0.2, 0) is 4.79 Å². The number of aromatic nitrogens is 4. The summed E-state index contributed by atoms with van der Waals surface area (Å²) in [5.41, 5.74) is 8.37. The van der Waals surface area contributed by atoms with Crippen LogP contribution in [-0.4, -0.2) is 31.7 Å². The number of anilines is 1. The summed E-state index contributed by atoms with van der Waals surface area (Å²) in [6.07, 6.45) is 4.08. The monoisotopic (exact) mass is 430 g/mol. The van der Waals surface area contributed by atoms with Gasteiger partial charge in [-0.05, 0) is 25.5 Å². The van der Waals surface area contributed by atoms with E-state index in [0.29, 0.717) is 33.5 Å². The SMILES string of the molecule is CC(N)c1c(F)c(Cl)c(-c2ccc3nc(NC(=O)[C@@H]4C[C@@H]4F)cn3c2)c2cn[nH]c12. The number of rotatable bonds is 4. The molecule has 3 aromatic heterocycles. The molecule has 1 aliphatic carbocycles. The number of halogens is 3. The first-order chi connectivity index (χ1) is 14.3. The van der Waals surface area contributed by atoms with Crippen molar-refractivity contribution in [2.24, 2.45) is 11.7 Å². The van der Waals surface area contributed by atoms with E-state index in [-0.39, 0.29) is 22.9 Å². The summed E-state index contributed by atoms with van der Waals surface area (Å²) in [4.78, 5) is 16.3. The average Bonchev–Trinajstić information content (AvgIpc) is 3.08. The number of nitrogens with one attached hydrogen (secondary N) is 2. The summed E-state index contributed by atoms with van der Waals surface area (Å²) in [6.45, 7) is 1.68. The molecule has 3 heterocycles. The highest BCUT2D eigenvalue weighted by atomic mass is 35.5. The van der Waals surface area contributed by atoms with Crippen molar-refractivity contribution in [3.63, 3.8) is 0 Å². The molecule has 0 aliphatic heterocycles. The Balaban J connectivity index is 1.59. The molecule has 1 unspecified atom stereocenters. The number of hydrogen-bond donors (Lipinski definition) is 3. The molecule has 1 saturated carbocycles. The number of amides is 1. The number of carbonyl (C=O) groups excluding carboxylic acids is 1. The number of benzene rings is 1. The minimum absolute atomic E-state index is 0.0492. The van der Waals surface area contributed by atoms with Crippen LogP contribution in [0.15, 0.2) is 30.7 Å². The lowest BCUT2D eigenvalue weighted by atomic mass is 9.97. The molecular weight excluding hydrogens is 414 g/mol. The minimum Gasteiger partial charge on any atom is -0.324 e. The van der Waals surface area contributed by atoms with E-state index >= 15 is 4.39 Å². The lowest BCUT2D eigenvalue weighted by Gasteiger charge is -2.14. The number of aromatic amines is 1. The van der Waals surface area contributed by atoms with Crippen molar-refractivity contribution in [1.29, 1.82) is 0 Å². The van der Waals surface area contributed by atoms with Gasteiger partial charge in [0.2, 0.25) is 5.91 Å². The fourth-order valence-corrected chi connectivity index (χ4v) is 4.01. The van der Waals surface area contributed by atoms with Gasteiger partial charge in [-0.1, -0.05) is 11.6 Å². The molecule has 4 aromatic rings. The fourth-order valence-electron chi connectivity index (χ4n) is 3.70. The molecule has 1 amide bonds. The first kappa shape index (κ1) is 19.0. The van der Waals surface area contributed by atoms with E-state index in [4.69, 9.17) is 17.3 Å². The van der Waals surface area contributed by atoms with Gasteiger partial charge in [0.1, 0.15) is 17.6 Å². The van der Waals surface area contributed by atoms with Crippen molar-refractivity contribution >= 4 is 39.9 Å². The summed E-state index contributed by atoms with van der Waals surface area (Å²) in [5.74, 6) is -1.27. The van der Waals surface area contributed by atoms with E-state index in [9.17, 15) is 9.18 Å². The van der Waals surface area contributed by atoms with Crippen LogP contribution in [0.2, 0.25) is 5.02 Å². The van der Waals surface area contributed by atoms with Gasteiger partial charge in [-0.3, -0.25) is 9.89 Å². The Bertz CT molecular complexity index is 1310. The number of fused-ring (bicyclic) bond motifs is 2. The van der Waals surface area contributed by atoms with Gasteiger partial charge in [0, 0.05) is 34.3 Å². The van der Waals surface area contributed by atoms with Crippen molar-refractivity contribution < 1.29 is 13.6 Å². The molecule has 0 spiro atoms. The van der Waals surface area contributed by atoms with Crippen LogP contribution in [0.4, 0.5) is 14.6 Å². The number of H-pyrrole nitrogens is 1. The standard InChI is InChI=1S/C20H17ClF2N6O/c1-8(24)15-18(23)17(21)16(11-5-25-28-19(11)15)9-2-3-14-26-13(7-29(14)6-9)27-20(30)10-4-12(10)22/h2-3,5-8,10,12H,4,24H2,1H3,(H,25,28)(H,27,30)/t8?,10-,12+/m1/s1.